The second kappa shape index (κ2) is 10.2. The fraction of sp³-hybridized carbons (Fsp3) is 0.130. The first-order valence-corrected chi connectivity index (χ1v) is 9.92. The van der Waals surface area contributed by atoms with E-state index in [0.29, 0.717) is 49.9 Å². The first-order chi connectivity index (χ1) is 15.0. The molecule has 0 radical (unpaired) electrons. The van der Waals surface area contributed by atoms with Gasteiger partial charge in [-0.25, -0.2) is 4.98 Å². The highest BCUT2D eigenvalue weighted by Gasteiger charge is 2.14. The number of rotatable bonds is 8. The van der Waals surface area contributed by atoms with Gasteiger partial charge in [-0.05, 0) is 54.1 Å². The van der Waals surface area contributed by atoms with E-state index in [-0.39, 0.29) is 5.78 Å². The molecule has 0 aliphatic rings. The number of ketones is 1. The smallest absolute Gasteiger partial charge is 0.203 e. The van der Waals surface area contributed by atoms with E-state index < -0.39 is 0 Å². The summed E-state index contributed by atoms with van der Waals surface area (Å²) < 4.78 is 16.0. The van der Waals surface area contributed by atoms with Gasteiger partial charge in [0.2, 0.25) is 5.75 Å². The lowest BCUT2D eigenvalue weighted by Crippen LogP contribution is -2.03. The molecule has 0 fully saturated rings. The van der Waals surface area contributed by atoms with Gasteiger partial charge < -0.3 is 19.5 Å². The summed E-state index contributed by atoms with van der Waals surface area (Å²) in [4.78, 5) is 17.2. The predicted octanol–water partition coefficient (Wildman–Crippen LogP) is 6.05. The standard InChI is InChI=1S/C23H20Cl2N2O4/c1-29-20-11-14(12-21(30-2)22(20)31-3)6-9-19(28)16-5-4-10-26-23(16)27-15-7-8-17(24)18(25)13-15/h4-13H,1-3H3,(H,26,27)/b9-6+. The molecule has 0 amide bonds. The van der Waals surface area contributed by atoms with Gasteiger partial charge in [0.15, 0.2) is 17.3 Å². The molecule has 6 nitrogen and oxygen atoms in total. The molecular weight excluding hydrogens is 439 g/mol. The Kier molecular flexibility index (Phi) is 7.39. The summed E-state index contributed by atoms with van der Waals surface area (Å²) in [6.45, 7) is 0. The summed E-state index contributed by atoms with van der Waals surface area (Å²) in [7, 11) is 4.60. The van der Waals surface area contributed by atoms with Crippen molar-refractivity contribution in [3.8, 4) is 17.2 Å². The van der Waals surface area contributed by atoms with Crippen LogP contribution < -0.4 is 19.5 Å². The lowest BCUT2D eigenvalue weighted by Gasteiger charge is -2.13. The number of hydrogen-bond donors (Lipinski definition) is 1. The Bertz CT molecular complexity index is 1110. The Morgan fingerprint density at radius 1 is 0.968 bits per heavy atom. The van der Waals surface area contributed by atoms with Crippen molar-refractivity contribution < 1.29 is 19.0 Å². The zero-order chi connectivity index (χ0) is 22.4. The van der Waals surface area contributed by atoms with E-state index in [1.807, 2.05) is 0 Å². The molecule has 31 heavy (non-hydrogen) atoms. The molecule has 0 saturated carbocycles. The molecule has 1 aromatic heterocycles. The van der Waals surface area contributed by atoms with E-state index in [0.717, 1.165) is 0 Å². The maximum absolute atomic E-state index is 12.9. The first kappa shape index (κ1) is 22.5. The van der Waals surface area contributed by atoms with Gasteiger partial charge in [-0.3, -0.25) is 4.79 Å². The molecular formula is C23H20Cl2N2O4. The second-order valence-electron chi connectivity index (χ2n) is 6.31. The van der Waals surface area contributed by atoms with Crippen molar-refractivity contribution in [3.63, 3.8) is 0 Å². The fourth-order valence-electron chi connectivity index (χ4n) is 2.87. The van der Waals surface area contributed by atoms with E-state index >= 15 is 0 Å². The number of nitrogens with zero attached hydrogens (tertiary/aromatic N) is 1. The Labute approximate surface area is 190 Å². The van der Waals surface area contributed by atoms with Crippen LogP contribution in [0.25, 0.3) is 6.08 Å². The minimum atomic E-state index is -0.232. The van der Waals surface area contributed by atoms with Gasteiger partial charge >= 0.3 is 0 Å². The third-order valence-corrected chi connectivity index (χ3v) is 5.11. The van der Waals surface area contributed by atoms with Gasteiger partial charge in [-0.1, -0.05) is 29.3 Å². The monoisotopic (exact) mass is 458 g/mol. The van der Waals surface area contributed by atoms with E-state index in [1.165, 1.54) is 27.4 Å². The van der Waals surface area contributed by atoms with Gasteiger partial charge in [-0.2, -0.15) is 0 Å². The number of carbonyl (C=O) groups is 1. The second-order valence-corrected chi connectivity index (χ2v) is 7.12. The summed E-state index contributed by atoms with van der Waals surface area (Å²) in [5.41, 5.74) is 1.78. The summed E-state index contributed by atoms with van der Waals surface area (Å²) in [5, 5.41) is 3.95. The summed E-state index contributed by atoms with van der Waals surface area (Å²) in [6.07, 6.45) is 4.72. The molecule has 0 aliphatic heterocycles. The summed E-state index contributed by atoms with van der Waals surface area (Å²) in [6, 6.07) is 12.0. The van der Waals surface area contributed by atoms with Crippen LogP contribution >= 0.6 is 23.2 Å². The van der Waals surface area contributed by atoms with Crippen LogP contribution in [0.4, 0.5) is 11.5 Å². The van der Waals surface area contributed by atoms with Crippen molar-refractivity contribution in [2.24, 2.45) is 0 Å². The lowest BCUT2D eigenvalue weighted by atomic mass is 10.1. The normalized spacial score (nSPS) is 10.7. The molecule has 2 aromatic carbocycles. The maximum Gasteiger partial charge on any atom is 0.203 e. The third kappa shape index (κ3) is 5.29. The lowest BCUT2D eigenvalue weighted by molar-refractivity contribution is 0.104. The number of pyridine rings is 1. The number of aromatic nitrogens is 1. The van der Waals surface area contributed by atoms with Crippen LogP contribution in [0.2, 0.25) is 10.0 Å². The highest BCUT2D eigenvalue weighted by atomic mass is 35.5. The Balaban J connectivity index is 1.87. The third-order valence-electron chi connectivity index (χ3n) is 4.37. The van der Waals surface area contributed by atoms with Crippen molar-refractivity contribution in [3.05, 3.63) is 75.9 Å². The average Bonchev–Trinajstić information content (AvgIpc) is 2.79. The SMILES string of the molecule is COc1cc(/C=C/C(=O)c2cccnc2Nc2ccc(Cl)c(Cl)c2)cc(OC)c1OC. The van der Waals surface area contributed by atoms with Crippen molar-refractivity contribution >= 4 is 46.6 Å². The highest BCUT2D eigenvalue weighted by Crippen LogP contribution is 2.38. The number of nitrogens with one attached hydrogen (secondary N) is 1. The molecule has 1 heterocycles. The zero-order valence-corrected chi connectivity index (χ0v) is 18.6. The molecule has 8 heteroatoms. The van der Waals surface area contributed by atoms with Gasteiger partial charge in [0.05, 0.1) is 36.9 Å². The van der Waals surface area contributed by atoms with Crippen LogP contribution in [0.15, 0.2) is 54.7 Å². The molecule has 0 spiro atoms. The maximum atomic E-state index is 12.9. The van der Waals surface area contributed by atoms with Crippen LogP contribution in [0.3, 0.4) is 0 Å². The van der Waals surface area contributed by atoms with E-state index in [4.69, 9.17) is 37.4 Å². The van der Waals surface area contributed by atoms with Crippen molar-refractivity contribution in [1.82, 2.24) is 4.98 Å². The fourth-order valence-corrected chi connectivity index (χ4v) is 3.17. The molecule has 0 unspecified atom stereocenters. The quantitative estimate of drug-likeness (QED) is 0.327. The molecule has 3 aromatic rings. The molecule has 0 aliphatic carbocycles. The van der Waals surface area contributed by atoms with Gasteiger partial charge in [0.25, 0.3) is 0 Å². The summed E-state index contributed by atoms with van der Waals surface area (Å²) >= 11 is 12.0. The van der Waals surface area contributed by atoms with Crippen LogP contribution in [0.1, 0.15) is 15.9 Å². The minimum Gasteiger partial charge on any atom is -0.493 e. The zero-order valence-electron chi connectivity index (χ0n) is 17.1. The number of anilines is 2. The summed E-state index contributed by atoms with van der Waals surface area (Å²) in [5.74, 6) is 1.65. The van der Waals surface area contributed by atoms with Crippen molar-refractivity contribution in [2.45, 2.75) is 0 Å². The topological polar surface area (TPSA) is 69.7 Å². The first-order valence-electron chi connectivity index (χ1n) is 9.16. The molecule has 160 valence electrons. The number of ether oxygens (including phenoxy) is 3. The van der Waals surface area contributed by atoms with Crippen molar-refractivity contribution in [1.29, 1.82) is 0 Å². The van der Waals surface area contributed by atoms with Gasteiger partial charge in [0.1, 0.15) is 5.82 Å². The molecule has 0 atom stereocenters. The van der Waals surface area contributed by atoms with E-state index in [2.05, 4.69) is 10.3 Å². The number of carbonyl (C=O) groups excluding carboxylic acids is 1. The Morgan fingerprint density at radius 2 is 1.68 bits per heavy atom. The predicted molar refractivity (Wildman–Crippen MR) is 123 cm³/mol. The van der Waals surface area contributed by atoms with Crippen LogP contribution in [0, 0.1) is 0 Å². The van der Waals surface area contributed by atoms with Crippen LogP contribution in [-0.4, -0.2) is 32.1 Å². The number of allylic oxidation sites excluding steroid dienone is 1. The Morgan fingerprint density at radius 3 is 2.29 bits per heavy atom. The van der Waals surface area contributed by atoms with E-state index in [9.17, 15) is 4.79 Å². The molecule has 0 bridgehead atoms. The Hall–Kier alpha value is -3.22. The number of benzene rings is 2. The van der Waals surface area contributed by atoms with Crippen molar-refractivity contribution in [2.75, 3.05) is 26.6 Å². The van der Waals surface area contributed by atoms with Gasteiger partial charge in [-0.15, -0.1) is 0 Å². The largest absolute Gasteiger partial charge is 0.493 e. The molecule has 3 rings (SSSR count). The number of methoxy groups -OCH3 is 3. The minimum absolute atomic E-state index is 0.232. The van der Waals surface area contributed by atoms with Crippen LogP contribution in [-0.2, 0) is 0 Å². The number of halogens is 2. The average molecular weight is 459 g/mol. The van der Waals surface area contributed by atoms with E-state index in [1.54, 1.807) is 54.7 Å². The van der Waals surface area contributed by atoms with Crippen LogP contribution in [0.5, 0.6) is 17.2 Å². The molecule has 1 N–H and O–H groups in total. The number of hydrogen-bond acceptors (Lipinski definition) is 6. The van der Waals surface area contributed by atoms with Gasteiger partial charge in [0, 0.05) is 11.9 Å². The highest BCUT2D eigenvalue weighted by molar-refractivity contribution is 6.42. The molecule has 0 saturated heterocycles.